The van der Waals surface area contributed by atoms with E-state index in [9.17, 15) is 22.8 Å². The lowest BCUT2D eigenvalue weighted by molar-refractivity contribution is -0.137. The smallest absolute Gasteiger partial charge is 0.416 e. The zero-order valence-corrected chi connectivity index (χ0v) is 22.1. The molecule has 3 aromatic carbocycles. The van der Waals surface area contributed by atoms with Gasteiger partial charge in [-0.25, -0.2) is 4.79 Å². The molecule has 0 spiro atoms. The molecule has 0 atom stereocenters. The number of methoxy groups -OCH3 is 1. The van der Waals surface area contributed by atoms with E-state index in [1.54, 1.807) is 60.5 Å². The van der Waals surface area contributed by atoms with E-state index in [0.717, 1.165) is 25.0 Å². The van der Waals surface area contributed by atoms with Gasteiger partial charge in [-0.1, -0.05) is 36.4 Å². The van der Waals surface area contributed by atoms with Gasteiger partial charge >= 0.3 is 12.3 Å². The number of nitrogens with one attached hydrogen (secondary N) is 1. The molecule has 0 saturated carbocycles. The first-order valence-electron chi connectivity index (χ1n) is 13.0. The Bertz CT molecular complexity index is 1290. The van der Waals surface area contributed by atoms with Gasteiger partial charge in [-0.2, -0.15) is 13.2 Å². The predicted molar refractivity (Wildman–Crippen MR) is 144 cm³/mol. The number of likely N-dealkylation sites (tertiary alicyclic amines) is 1. The van der Waals surface area contributed by atoms with Crippen LogP contribution >= 0.6 is 0 Å². The van der Waals surface area contributed by atoms with Crippen molar-refractivity contribution >= 4 is 17.7 Å². The number of halogens is 3. The molecule has 0 radical (unpaired) electrons. The van der Waals surface area contributed by atoms with Crippen LogP contribution in [0.1, 0.15) is 28.8 Å². The minimum atomic E-state index is -4.43. The van der Waals surface area contributed by atoms with Crippen molar-refractivity contribution < 1.29 is 37.0 Å². The number of hydrogen-bond donors (Lipinski definition) is 1. The maximum absolute atomic E-state index is 13.1. The molecule has 7 nitrogen and oxygen atoms in total. The van der Waals surface area contributed by atoms with E-state index in [-0.39, 0.29) is 18.6 Å². The Morgan fingerprint density at radius 3 is 2.38 bits per heavy atom. The maximum atomic E-state index is 13.1. The van der Waals surface area contributed by atoms with Gasteiger partial charge in [0.15, 0.2) is 0 Å². The number of anilines is 1. The molecule has 10 heteroatoms. The topological polar surface area (TPSA) is 77.1 Å². The largest absolute Gasteiger partial charge is 0.493 e. The van der Waals surface area contributed by atoms with Crippen molar-refractivity contribution in [3.63, 3.8) is 0 Å². The van der Waals surface area contributed by atoms with Gasteiger partial charge in [-0.3, -0.25) is 4.79 Å². The summed E-state index contributed by atoms with van der Waals surface area (Å²) < 4.78 is 54.9. The molecule has 212 valence electrons. The maximum Gasteiger partial charge on any atom is 0.416 e. The summed E-state index contributed by atoms with van der Waals surface area (Å²) in [6, 6.07) is 18.5. The van der Waals surface area contributed by atoms with Crippen LogP contribution in [0, 0.1) is 5.92 Å². The molecule has 1 aliphatic rings. The van der Waals surface area contributed by atoms with E-state index >= 15 is 0 Å². The second-order valence-corrected chi connectivity index (χ2v) is 9.45. The number of rotatable bonds is 9. The van der Waals surface area contributed by atoms with E-state index in [2.05, 4.69) is 5.32 Å². The van der Waals surface area contributed by atoms with Crippen LogP contribution in [0.4, 0.5) is 23.7 Å². The standard InChI is InChI=1S/C30H31F3N2O5/c1-38-17-18-39-29(37)35-15-13-21(14-16-35)20-40-25-6-4-5-24(19-25)34-28(36)27-8-3-2-7-26(27)22-9-11-23(12-10-22)30(31,32)33/h2-12,19,21H,13-18,20H2,1H3,(H,34,36). The molecule has 0 unspecified atom stereocenters. The van der Waals surface area contributed by atoms with Crippen LogP contribution in [0.3, 0.4) is 0 Å². The minimum absolute atomic E-state index is 0.228. The fraction of sp³-hybridized carbons (Fsp3) is 0.333. The van der Waals surface area contributed by atoms with Crippen molar-refractivity contribution in [1.29, 1.82) is 0 Å². The Morgan fingerprint density at radius 2 is 1.68 bits per heavy atom. The van der Waals surface area contributed by atoms with Gasteiger partial charge < -0.3 is 24.4 Å². The molecular formula is C30H31F3N2O5. The summed E-state index contributed by atoms with van der Waals surface area (Å²) >= 11 is 0. The summed E-state index contributed by atoms with van der Waals surface area (Å²) in [4.78, 5) is 26.9. The van der Waals surface area contributed by atoms with Crippen molar-refractivity contribution in [2.75, 3.05) is 45.3 Å². The summed E-state index contributed by atoms with van der Waals surface area (Å²) in [6.45, 7) is 2.25. The van der Waals surface area contributed by atoms with E-state index < -0.39 is 17.6 Å². The van der Waals surface area contributed by atoms with Gasteiger partial charge in [0.1, 0.15) is 12.4 Å². The number of alkyl halides is 3. The highest BCUT2D eigenvalue weighted by Gasteiger charge is 2.30. The van der Waals surface area contributed by atoms with Crippen LogP contribution in [0.5, 0.6) is 5.75 Å². The lowest BCUT2D eigenvalue weighted by Crippen LogP contribution is -2.40. The second-order valence-electron chi connectivity index (χ2n) is 9.45. The van der Waals surface area contributed by atoms with Crippen molar-refractivity contribution in [3.8, 4) is 16.9 Å². The first kappa shape index (κ1) is 28.9. The fourth-order valence-corrected chi connectivity index (χ4v) is 4.43. The van der Waals surface area contributed by atoms with E-state index in [4.69, 9.17) is 14.2 Å². The third-order valence-corrected chi connectivity index (χ3v) is 6.66. The van der Waals surface area contributed by atoms with E-state index in [0.29, 0.717) is 54.4 Å². The normalized spacial score (nSPS) is 14.1. The van der Waals surface area contributed by atoms with Crippen LogP contribution in [0.25, 0.3) is 11.1 Å². The van der Waals surface area contributed by atoms with E-state index in [1.807, 2.05) is 0 Å². The fourth-order valence-electron chi connectivity index (χ4n) is 4.43. The second kappa shape index (κ2) is 13.3. The molecule has 1 aliphatic heterocycles. The van der Waals surface area contributed by atoms with Gasteiger partial charge in [0.2, 0.25) is 0 Å². The van der Waals surface area contributed by atoms with Crippen molar-refractivity contribution in [2.45, 2.75) is 19.0 Å². The number of carbonyl (C=O) groups is 2. The van der Waals surface area contributed by atoms with Crippen LogP contribution in [-0.4, -0.2) is 56.9 Å². The molecule has 0 aromatic heterocycles. The molecule has 1 N–H and O–H groups in total. The Morgan fingerprint density at radius 1 is 0.950 bits per heavy atom. The van der Waals surface area contributed by atoms with Gasteiger partial charge in [0.05, 0.1) is 18.8 Å². The average molecular weight is 557 g/mol. The molecule has 40 heavy (non-hydrogen) atoms. The van der Waals surface area contributed by atoms with Gasteiger partial charge in [0.25, 0.3) is 5.91 Å². The monoisotopic (exact) mass is 556 g/mol. The number of nitrogens with zero attached hydrogens (tertiary/aromatic N) is 1. The van der Waals surface area contributed by atoms with Crippen molar-refractivity contribution in [1.82, 2.24) is 4.90 Å². The lowest BCUT2D eigenvalue weighted by atomic mass is 9.98. The van der Waals surface area contributed by atoms with Crippen LogP contribution in [-0.2, 0) is 15.7 Å². The molecule has 2 amide bonds. The highest BCUT2D eigenvalue weighted by molar-refractivity contribution is 6.08. The summed E-state index contributed by atoms with van der Waals surface area (Å²) in [7, 11) is 1.55. The minimum Gasteiger partial charge on any atom is -0.493 e. The highest BCUT2D eigenvalue weighted by atomic mass is 19.4. The summed E-state index contributed by atoms with van der Waals surface area (Å²) in [5, 5.41) is 2.86. The number of ether oxygens (including phenoxy) is 3. The zero-order valence-electron chi connectivity index (χ0n) is 22.1. The molecule has 0 aliphatic carbocycles. The Hall–Kier alpha value is -4.05. The van der Waals surface area contributed by atoms with Gasteiger partial charge in [-0.15, -0.1) is 0 Å². The number of amides is 2. The third kappa shape index (κ3) is 7.75. The number of hydrogen-bond acceptors (Lipinski definition) is 5. The zero-order chi connectivity index (χ0) is 28.5. The summed E-state index contributed by atoms with van der Waals surface area (Å²) in [5.41, 5.74) is 1.14. The Balaban J connectivity index is 1.33. The Kier molecular flexibility index (Phi) is 9.65. The quantitative estimate of drug-likeness (QED) is 0.305. The lowest BCUT2D eigenvalue weighted by Gasteiger charge is -2.31. The van der Waals surface area contributed by atoms with Gasteiger partial charge in [-0.05, 0) is 60.2 Å². The number of carbonyl (C=O) groups excluding carboxylic acids is 2. The third-order valence-electron chi connectivity index (χ3n) is 6.66. The molecule has 1 fully saturated rings. The van der Waals surface area contributed by atoms with Crippen molar-refractivity contribution in [3.05, 3.63) is 83.9 Å². The number of piperidine rings is 1. The SMILES string of the molecule is COCCOC(=O)N1CCC(COc2cccc(NC(=O)c3ccccc3-c3ccc(C(F)(F)F)cc3)c2)CC1. The average Bonchev–Trinajstić information content (AvgIpc) is 2.96. The van der Waals surface area contributed by atoms with Crippen molar-refractivity contribution in [2.24, 2.45) is 5.92 Å². The van der Waals surface area contributed by atoms with Gasteiger partial charge in [0, 0.05) is 37.5 Å². The van der Waals surface area contributed by atoms with Crippen LogP contribution in [0.2, 0.25) is 0 Å². The molecule has 3 aromatic rings. The molecular weight excluding hydrogens is 525 g/mol. The molecule has 1 saturated heterocycles. The van der Waals surface area contributed by atoms with Crippen LogP contribution in [0.15, 0.2) is 72.8 Å². The number of benzene rings is 3. The van der Waals surface area contributed by atoms with Crippen LogP contribution < -0.4 is 10.1 Å². The Labute approximate surface area is 230 Å². The molecule has 4 rings (SSSR count). The first-order chi connectivity index (χ1) is 19.2. The van der Waals surface area contributed by atoms with E-state index in [1.165, 1.54) is 12.1 Å². The predicted octanol–water partition coefficient (Wildman–Crippen LogP) is 6.50. The molecule has 1 heterocycles. The highest BCUT2D eigenvalue weighted by Crippen LogP contribution is 2.32. The molecule has 0 bridgehead atoms. The first-order valence-corrected chi connectivity index (χ1v) is 13.0. The summed E-state index contributed by atoms with van der Waals surface area (Å²) in [6.07, 6.45) is -3.19. The summed E-state index contributed by atoms with van der Waals surface area (Å²) in [5.74, 6) is 0.476.